The highest BCUT2D eigenvalue weighted by atomic mass is 16.5. The fraction of sp³-hybridized carbons (Fsp3) is 0.778. The highest BCUT2D eigenvalue weighted by molar-refractivity contribution is 4.75. The van der Waals surface area contributed by atoms with Gasteiger partial charge >= 0.3 is 0 Å². The molecule has 0 bridgehead atoms. The molecule has 0 N–H and O–H groups in total. The molecule has 60 valence electrons. The van der Waals surface area contributed by atoms with Gasteiger partial charge in [-0.15, -0.1) is 0 Å². The summed E-state index contributed by atoms with van der Waals surface area (Å²) in [5, 5.41) is 0. The zero-order chi connectivity index (χ0) is 8.04. The number of hydrogen-bond acceptors (Lipinski definition) is 1. The van der Waals surface area contributed by atoms with Crippen LogP contribution in [0.2, 0.25) is 0 Å². The van der Waals surface area contributed by atoms with Gasteiger partial charge in [-0.25, -0.2) is 0 Å². The zero-order valence-corrected chi connectivity index (χ0v) is 7.48. The van der Waals surface area contributed by atoms with Gasteiger partial charge in [0.05, 0.1) is 11.9 Å². The van der Waals surface area contributed by atoms with Gasteiger partial charge in [0.15, 0.2) is 0 Å². The van der Waals surface area contributed by atoms with Crippen molar-refractivity contribution in [2.45, 2.75) is 46.1 Å². The van der Waals surface area contributed by atoms with Crippen LogP contribution in [-0.2, 0) is 4.74 Å². The highest BCUT2D eigenvalue weighted by Crippen LogP contribution is 2.06. The molecule has 0 saturated carbocycles. The van der Waals surface area contributed by atoms with Gasteiger partial charge in [0.2, 0.25) is 0 Å². The monoisotopic (exact) mass is 142 g/mol. The molecule has 0 aromatic rings. The molecular weight excluding hydrogens is 124 g/mol. The second-order valence-corrected chi connectivity index (χ2v) is 3.39. The fourth-order valence-electron chi connectivity index (χ4n) is 0.487. The van der Waals surface area contributed by atoms with Crippen molar-refractivity contribution in [1.82, 2.24) is 0 Å². The quantitative estimate of drug-likeness (QED) is 0.550. The highest BCUT2D eigenvalue weighted by Gasteiger charge is 2.06. The van der Waals surface area contributed by atoms with E-state index < -0.39 is 0 Å². The summed E-state index contributed by atoms with van der Waals surface area (Å²) >= 11 is 0. The fourth-order valence-corrected chi connectivity index (χ4v) is 0.487. The smallest absolute Gasteiger partial charge is 0.0998 e. The largest absolute Gasteiger partial charge is 0.496 e. The molecule has 0 saturated heterocycles. The molecule has 0 aliphatic carbocycles. The maximum atomic E-state index is 5.35. The average molecular weight is 142 g/mol. The first-order valence-corrected chi connectivity index (χ1v) is 3.89. The summed E-state index contributed by atoms with van der Waals surface area (Å²) in [6, 6.07) is 0. The summed E-state index contributed by atoms with van der Waals surface area (Å²) in [7, 11) is 0. The standard InChI is InChI=1S/C9H18O/c1-5-6-7-8-10-9(2,3)4/h7-8H,5-6H2,1-4H3. The Morgan fingerprint density at radius 1 is 1.30 bits per heavy atom. The summed E-state index contributed by atoms with van der Waals surface area (Å²) in [4.78, 5) is 0. The first-order chi connectivity index (χ1) is 4.56. The molecule has 1 nitrogen and oxygen atoms in total. The van der Waals surface area contributed by atoms with Crippen LogP contribution in [-0.4, -0.2) is 5.60 Å². The molecule has 10 heavy (non-hydrogen) atoms. The third-order valence-corrected chi connectivity index (χ3v) is 0.973. The van der Waals surface area contributed by atoms with E-state index in [4.69, 9.17) is 4.74 Å². The number of allylic oxidation sites excluding steroid dienone is 1. The van der Waals surface area contributed by atoms with E-state index in [2.05, 4.69) is 13.0 Å². The van der Waals surface area contributed by atoms with Gasteiger partial charge in [-0.1, -0.05) is 13.3 Å². The summed E-state index contributed by atoms with van der Waals surface area (Å²) in [6.07, 6.45) is 6.15. The van der Waals surface area contributed by atoms with E-state index in [-0.39, 0.29) is 5.60 Å². The Balaban J connectivity index is 3.34. The molecule has 0 aromatic heterocycles. The first-order valence-electron chi connectivity index (χ1n) is 3.89. The van der Waals surface area contributed by atoms with Crippen molar-refractivity contribution in [2.75, 3.05) is 0 Å². The van der Waals surface area contributed by atoms with Gasteiger partial charge < -0.3 is 4.74 Å². The van der Waals surface area contributed by atoms with Crippen molar-refractivity contribution in [3.63, 3.8) is 0 Å². The third kappa shape index (κ3) is 7.54. The Kier molecular flexibility index (Phi) is 4.17. The molecular formula is C9H18O. The van der Waals surface area contributed by atoms with Gasteiger partial charge in [-0.3, -0.25) is 0 Å². The maximum absolute atomic E-state index is 5.35. The Morgan fingerprint density at radius 3 is 2.30 bits per heavy atom. The van der Waals surface area contributed by atoms with Gasteiger partial charge in [-0.2, -0.15) is 0 Å². The first kappa shape index (κ1) is 9.54. The second kappa shape index (κ2) is 4.37. The minimum absolute atomic E-state index is 0.0375. The van der Waals surface area contributed by atoms with Crippen molar-refractivity contribution in [2.24, 2.45) is 0 Å². The molecule has 0 aliphatic heterocycles. The summed E-state index contributed by atoms with van der Waals surface area (Å²) in [6.45, 7) is 8.29. The zero-order valence-electron chi connectivity index (χ0n) is 7.48. The maximum Gasteiger partial charge on any atom is 0.0998 e. The molecule has 0 unspecified atom stereocenters. The molecule has 0 aliphatic rings. The number of rotatable bonds is 3. The van der Waals surface area contributed by atoms with E-state index in [0.717, 1.165) is 6.42 Å². The van der Waals surface area contributed by atoms with Gasteiger partial charge in [0.25, 0.3) is 0 Å². The van der Waals surface area contributed by atoms with Gasteiger partial charge in [0.1, 0.15) is 0 Å². The molecule has 0 rings (SSSR count). The molecule has 0 atom stereocenters. The number of unbranched alkanes of at least 4 members (excludes halogenated alkanes) is 1. The Bertz CT molecular complexity index is 97.8. The normalized spacial score (nSPS) is 12.4. The van der Waals surface area contributed by atoms with Crippen LogP contribution < -0.4 is 0 Å². The van der Waals surface area contributed by atoms with Crippen LogP contribution in [0.3, 0.4) is 0 Å². The van der Waals surface area contributed by atoms with Crippen LogP contribution in [0.15, 0.2) is 12.3 Å². The van der Waals surface area contributed by atoms with Crippen molar-refractivity contribution < 1.29 is 4.74 Å². The van der Waals surface area contributed by atoms with Crippen LogP contribution in [0.5, 0.6) is 0 Å². The predicted octanol–water partition coefficient (Wildman–Crippen LogP) is 3.12. The van der Waals surface area contributed by atoms with Crippen molar-refractivity contribution >= 4 is 0 Å². The minimum Gasteiger partial charge on any atom is -0.496 e. The lowest BCUT2D eigenvalue weighted by atomic mass is 10.2. The van der Waals surface area contributed by atoms with Crippen LogP contribution in [0, 0.1) is 0 Å². The SMILES string of the molecule is CCCC=COC(C)(C)C. The lowest BCUT2D eigenvalue weighted by Crippen LogP contribution is -2.15. The lowest BCUT2D eigenvalue weighted by molar-refractivity contribution is 0.0762. The van der Waals surface area contributed by atoms with E-state index in [0.29, 0.717) is 0 Å². The molecule has 0 fully saturated rings. The van der Waals surface area contributed by atoms with Crippen LogP contribution >= 0.6 is 0 Å². The summed E-state index contributed by atoms with van der Waals surface area (Å²) in [5.74, 6) is 0. The summed E-state index contributed by atoms with van der Waals surface area (Å²) < 4.78 is 5.35. The Hall–Kier alpha value is -0.460. The van der Waals surface area contributed by atoms with Crippen molar-refractivity contribution in [3.8, 4) is 0 Å². The third-order valence-electron chi connectivity index (χ3n) is 0.973. The van der Waals surface area contributed by atoms with Crippen LogP contribution in [0.25, 0.3) is 0 Å². The van der Waals surface area contributed by atoms with Crippen LogP contribution in [0.1, 0.15) is 40.5 Å². The lowest BCUT2D eigenvalue weighted by Gasteiger charge is -2.17. The van der Waals surface area contributed by atoms with E-state index in [1.807, 2.05) is 20.8 Å². The second-order valence-electron chi connectivity index (χ2n) is 3.39. The Labute approximate surface area is 64.1 Å². The molecule has 0 radical (unpaired) electrons. The summed E-state index contributed by atoms with van der Waals surface area (Å²) in [5.41, 5.74) is -0.0375. The van der Waals surface area contributed by atoms with Crippen molar-refractivity contribution in [1.29, 1.82) is 0 Å². The van der Waals surface area contributed by atoms with Crippen molar-refractivity contribution in [3.05, 3.63) is 12.3 Å². The predicted molar refractivity (Wildman–Crippen MR) is 44.9 cm³/mol. The molecule has 1 heteroatoms. The number of ether oxygens (including phenoxy) is 1. The van der Waals surface area contributed by atoms with E-state index >= 15 is 0 Å². The van der Waals surface area contributed by atoms with Gasteiger partial charge in [0, 0.05) is 0 Å². The molecule has 0 aromatic carbocycles. The van der Waals surface area contributed by atoms with E-state index in [1.165, 1.54) is 6.42 Å². The molecule has 0 amide bonds. The molecule has 0 spiro atoms. The average Bonchev–Trinajstić information content (AvgIpc) is 1.78. The Morgan fingerprint density at radius 2 is 1.90 bits per heavy atom. The van der Waals surface area contributed by atoms with E-state index in [9.17, 15) is 0 Å². The number of hydrogen-bond donors (Lipinski definition) is 0. The minimum atomic E-state index is -0.0375. The van der Waals surface area contributed by atoms with Gasteiger partial charge in [-0.05, 0) is 33.3 Å². The topological polar surface area (TPSA) is 9.23 Å². The van der Waals surface area contributed by atoms with E-state index in [1.54, 1.807) is 6.26 Å². The molecule has 0 heterocycles. The van der Waals surface area contributed by atoms with Crippen LogP contribution in [0.4, 0.5) is 0 Å².